The molecule has 15 heteroatoms. The first kappa shape index (κ1) is 44.7. The number of aliphatic hydroxyl groups excluding tert-OH is 1. The summed E-state index contributed by atoms with van der Waals surface area (Å²) in [5, 5.41) is 33.3. The van der Waals surface area contributed by atoms with E-state index in [4.69, 9.17) is 35.4 Å². The van der Waals surface area contributed by atoms with Gasteiger partial charge in [-0.25, -0.2) is 9.59 Å². The minimum Gasteiger partial charge on any atom is -0.480 e. The summed E-state index contributed by atoms with van der Waals surface area (Å²) in [5.74, 6) is -2.49. The maximum Gasteiger partial charge on any atom is 0.368 e. The first-order valence-electron chi connectivity index (χ1n) is 16.6. The summed E-state index contributed by atoms with van der Waals surface area (Å²) in [6.07, 6.45) is 4.64. The van der Waals surface area contributed by atoms with Crippen molar-refractivity contribution in [3.63, 3.8) is 0 Å². The largest absolute Gasteiger partial charge is 0.480 e. The topological polar surface area (TPSA) is 236 Å². The van der Waals surface area contributed by atoms with Crippen LogP contribution in [0, 0.1) is 0 Å². The van der Waals surface area contributed by atoms with E-state index in [1.54, 1.807) is 0 Å². The van der Waals surface area contributed by atoms with Crippen molar-refractivity contribution in [2.24, 2.45) is 5.73 Å². The van der Waals surface area contributed by atoms with Crippen LogP contribution in [0.4, 0.5) is 0 Å². The van der Waals surface area contributed by atoms with Gasteiger partial charge in [-0.2, -0.15) is 0 Å². The highest BCUT2D eigenvalue weighted by Gasteiger charge is 2.30. The normalized spacial score (nSPS) is 14.9. The van der Waals surface area contributed by atoms with Crippen LogP contribution in [0.15, 0.2) is 79.0 Å². The molecular formula is C39H49ClN6O8. The maximum atomic E-state index is 11.7. The van der Waals surface area contributed by atoms with Crippen molar-refractivity contribution in [3.8, 4) is 0 Å². The number of ether oxygens (including phenoxy) is 1. The van der Waals surface area contributed by atoms with Crippen molar-refractivity contribution in [2.45, 2.75) is 38.8 Å². The minimum atomic E-state index is -1.43. The molecule has 8 rings (SSSR count). The lowest BCUT2D eigenvalue weighted by Gasteiger charge is -2.21. The van der Waals surface area contributed by atoms with Gasteiger partial charge in [0.25, 0.3) is 0 Å². The fourth-order valence-electron chi connectivity index (χ4n) is 6.38. The number of methoxy groups -OCH3 is 1. The van der Waals surface area contributed by atoms with Crippen LogP contribution in [0.5, 0.6) is 0 Å². The average molecular weight is 765 g/mol. The fourth-order valence-corrected chi connectivity index (χ4v) is 6.38. The van der Waals surface area contributed by atoms with Gasteiger partial charge in [0.2, 0.25) is 6.29 Å². The lowest BCUT2D eigenvalue weighted by Crippen LogP contribution is -2.35. The van der Waals surface area contributed by atoms with Crippen molar-refractivity contribution in [1.82, 2.24) is 25.6 Å². The number of carboxylic acid groups (broad SMARTS) is 2. The molecule has 2 aliphatic heterocycles. The number of halogens is 1. The van der Waals surface area contributed by atoms with Crippen LogP contribution in [0.25, 0.3) is 32.7 Å². The number of esters is 1. The number of benzene rings is 3. The predicted octanol–water partition coefficient (Wildman–Crippen LogP) is 4.57. The Kier molecular flexibility index (Phi) is 18.1. The Morgan fingerprint density at radius 1 is 0.778 bits per heavy atom. The number of hydrogen-bond donors (Lipinski definition) is 9. The summed E-state index contributed by atoms with van der Waals surface area (Å²) >= 11 is 0. The van der Waals surface area contributed by atoms with Gasteiger partial charge >= 0.3 is 17.9 Å². The quantitative estimate of drug-likeness (QED) is 0.0670. The lowest BCUT2D eigenvalue weighted by atomic mass is 9.99. The summed E-state index contributed by atoms with van der Waals surface area (Å²) in [4.78, 5) is 50.5. The van der Waals surface area contributed by atoms with Crippen LogP contribution in [0.2, 0.25) is 0 Å². The molecule has 3 aromatic heterocycles. The molecule has 0 fully saturated rings. The summed E-state index contributed by atoms with van der Waals surface area (Å²) in [6.45, 7) is 2.22. The van der Waals surface area contributed by atoms with E-state index < -0.39 is 18.0 Å². The summed E-state index contributed by atoms with van der Waals surface area (Å²) in [7, 11) is 2.42. The van der Waals surface area contributed by atoms with Crippen LogP contribution >= 0.6 is 12.4 Å². The Bertz CT molecular complexity index is 2120. The van der Waals surface area contributed by atoms with Gasteiger partial charge in [0.15, 0.2) is 0 Å². The molecule has 0 aliphatic carbocycles. The maximum absolute atomic E-state index is 11.7. The van der Waals surface area contributed by atoms with Crippen molar-refractivity contribution >= 4 is 69.3 Å². The van der Waals surface area contributed by atoms with E-state index in [0.717, 1.165) is 66.3 Å². The third kappa shape index (κ3) is 10.6. The van der Waals surface area contributed by atoms with Gasteiger partial charge in [-0.05, 0) is 60.7 Å². The molecule has 2 unspecified atom stereocenters. The number of aliphatic carboxylic acids is 2. The number of para-hydroxylation sites is 3. The number of fused-ring (bicyclic) bond motifs is 7. The van der Waals surface area contributed by atoms with E-state index >= 15 is 0 Å². The number of hydrogen-bond acceptors (Lipinski definition) is 9. The lowest BCUT2D eigenvalue weighted by molar-refractivity contribution is -0.144. The SMILES string of the molecule is C.CO.COC(=O)C1NCCc2c1[nH]c1ccccc21.Cl.NCCc1c[nH]c2ccccc12.O=C(O)C1NCCc2c1[nH]c1ccccc21.O=CC(=O)O. The molecule has 6 aromatic rings. The van der Waals surface area contributed by atoms with Crippen molar-refractivity contribution in [1.29, 1.82) is 0 Å². The monoisotopic (exact) mass is 764 g/mol. The number of H-pyrrole nitrogens is 3. The smallest absolute Gasteiger partial charge is 0.368 e. The summed E-state index contributed by atoms with van der Waals surface area (Å²) < 4.78 is 4.82. The van der Waals surface area contributed by atoms with Crippen LogP contribution < -0.4 is 16.4 Å². The number of nitrogens with one attached hydrogen (secondary N) is 5. The molecule has 54 heavy (non-hydrogen) atoms. The van der Waals surface area contributed by atoms with E-state index in [9.17, 15) is 9.59 Å². The Balaban J connectivity index is 0.000000256. The van der Waals surface area contributed by atoms with Crippen LogP contribution in [-0.4, -0.2) is 88.3 Å². The van der Waals surface area contributed by atoms with Gasteiger partial charge in [0.1, 0.15) is 12.1 Å². The number of aldehydes is 1. The highest BCUT2D eigenvalue weighted by molar-refractivity contribution is 6.19. The molecule has 10 N–H and O–H groups in total. The third-order valence-electron chi connectivity index (χ3n) is 8.59. The van der Waals surface area contributed by atoms with Gasteiger partial charge < -0.3 is 40.7 Å². The van der Waals surface area contributed by atoms with Gasteiger partial charge in [-0.15, -0.1) is 12.4 Å². The number of carbonyl (C=O) groups excluding carboxylic acids is 2. The zero-order chi connectivity index (χ0) is 37.6. The number of nitrogens with two attached hydrogens (primary N) is 1. The molecule has 0 bridgehead atoms. The fraction of sp³-hybridized carbons (Fsp3) is 0.282. The molecule has 2 atom stereocenters. The van der Waals surface area contributed by atoms with Gasteiger partial charge in [0.05, 0.1) is 7.11 Å². The second-order valence-corrected chi connectivity index (χ2v) is 11.6. The Morgan fingerprint density at radius 3 is 1.69 bits per heavy atom. The van der Waals surface area contributed by atoms with Crippen molar-refractivity contribution < 1.29 is 39.2 Å². The zero-order valence-electron chi connectivity index (χ0n) is 29.3. The van der Waals surface area contributed by atoms with Crippen molar-refractivity contribution in [2.75, 3.05) is 33.9 Å². The van der Waals surface area contributed by atoms with Crippen LogP contribution in [0.3, 0.4) is 0 Å². The highest BCUT2D eigenvalue weighted by atomic mass is 35.5. The number of carboxylic acids is 2. The number of aromatic nitrogens is 3. The second kappa shape index (κ2) is 21.9. The van der Waals surface area contributed by atoms with Gasteiger partial charge in [0, 0.05) is 70.5 Å². The van der Waals surface area contributed by atoms with Gasteiger partial charge in [-0.1, -0.05) is 62.0 Å². The molecule has 0 saturated carbocycles. The number of aromatic amines is 3. The molecule has 0 spiro atoms. The zero-order valence-corrected chi connectivity index (χ0v) is 30.2. The summed E-state index contributed by atoms with van der Waals surface area (Å²) in [5.41, 5.74) is 14.2. The molecule has 0 radical (unpaired) electrons. The number of aliphatic hydroxyl groups is 1. The molecule has 0 amide bonds. The summed E-state index contributed by atoms with van der Waals surface area (Å²) in [6, 6.07) is 23.4. The number of carbonyl (C=O) groups is 4. The molecule has 0 saturated heterocycles. The molecule has 3 aromatic carbocycles. The second-order valence-electron chi connectivity index (χ2n) is 11.6. The molecule has 14 nitrogen and oxygen atoms in total. The molecule has 5 heterocycles. The standard InChI is InChI=1S/C13H14N2O2.C12H12N2O2.C10H12N2.C2H2O3.CH4O.CH4.ClH/c1-17-13(16)12-11-9(6-7-14-12)8-4-2-3-5-10(8)15-11;15-12(16)11-10-8(5-6-13-11)7-3-1-2-4-9(7)14-10;11-6-5-8-7-12-10-4-2-1-3-9(8)10;3-1-2(4)5;1-2;;/h2-5,12,14-15H,6-7H2,1H3;1-4,11,13-14H,5-6H2,(H,15,16);1-4,7,12H,5-6,11H2;1H,(H,4,5);2H,1H3;1H4;1H. The van der Waals surface area contributed by atoms with Crippen molar-refractivity contribution in [3.05, 3.63) is 107 Å². The van der Waals surface area contributed by atoms with E-state index in [2.05, 4.69) is 49.9 Å². The molecule has 2 aliphatic rings. The first-order valence-corrected chi connectivity index (χ1v) is 16.6. The minimum absolute atomic E-state index is 0. The van der Waals surface area contributed by atoms with Crippen LogP contribution in [0.1, 0.15) is 47.6 Å². The highest BCUT2D eigenvalue weighted by Crippen LogP contribution is 2.31. The third-order valence-corrected chi connectivity index (χ3v) is 8.59. The van der Waals surface area contributed by atoms with E-state index in [1.165, 1.54) is 34.5 Å². The first-order chi connectivity index (χ1) is 25.3. The van der Waals surface area contributed by atoms with Crippen LogP contribution in [-0.2, 0) is 43.2 Å². The molecule has 290 valence electrons. The Morgan fingerprint density at radius 2 is 1.22 bits per heavy atom. The van der Waals surface area contributed by atoms with E-state index in [0.29, 0.717) is 13.1 Å². The predicted molar refractivity (Wildman–Crippen MR) is 212 cm³/mol. The Hall–Kier alpha value is -5.51. The molecular weight excluding hydrogens is 716 g/mol. The van der Waals surface area contributed by atoms with Gasteiger partial charge in [-0.3, -0.25) is 20.2 Å². The average Bonchev–Trinajstić information content (AvgIpc) is 3.89. The van der Waals surface area contributed by atoms with E-state index in [1.807, 2.05) is 54.7 Å². The Labute approximate surface area is 318 Å². The number of rotatable bonds is 5. The van der Waals surface area contributed by atoms with E-state index in [-0.39, 0.29) is 38.1 Å².